The highest BCUT2D eigenvalue weighted by atomic mass is 16.4. The first kappa shape index (κ1) is 13.0. The minimum Gasteiger partial charge on any atom is -0.480 e. The second-order valence-electron chi connectivity index (χ2n) is 3.88. The van der Waals surface area contributed by atoms with Crippen LogP contribution in [0.4, 0.5) is 10.5 Å². The van der Waals surface area contributed by atoms with Crippen LogP contribution in [0.25, 0.3) is 0 Å². The molecule has 1 aromatic carbocycles. The van der Waals surface area contributed by atoms with Crippen LogP contribution in [0.3, 0.4) is 0 Å². The average Bonchev–Trinajstić information content (AvgIpc) is 2.27. The number of hydrogen-bond donors (Lipinski definition) is 1. The minimum absolute atomic E-state index is 0.310. The number of amides is 2. The standard InChI is InChI=1S/C12H16N2O3/c1-9-6-4-5-7-10(9)14(3)12(17)13(2)8-11(15)16/h4-7H,8H2,1-3H3,(H,15,16). The number of anilines is 1. The molecule has 1 aromatic rings. The fraction of sp³-hybridized carbons (Fsp3) is 0.333. The lowest BCUT2D eigenvalue weighted by atomic mass is 10.2. The molecule has 0 radical (unpaired) electrons. The van der Waals surface area contributed by atoms with Gasteiger partial charge in [0.1, 0.15) is 6.54 Å². The normalized spacial score (nSPS) is 9.82. The van der Waals surface area contributed by atoms with Crippen molar-refractivity contribution in [3.8, 4) is 0 Å². The second-order valence-corrected chi connectivity index (χ2v) is 3.88. The molecule has 1 N–H and O–H groups in total. The maximum absolute atomic E-state index is 11.9. The van der Waals surface area contributed by atoms with Gasteiger partial charge in [-0.25, -0.2) is 4.79 Å². The maximum atomic E-state index is 11.9. The van der Waals surface area contributed by atoms with E-state index in [0.29, 0.717) is 0 Å². The molecular weight excluding hydrogens is 220 g/mol. The molecule has 92 valence electrons. The quantitative estimate of drug-likeness (QED) is 0.866. The predicted octanol–water partition coefficient (Wildman–Crippen LogP) is 1.57. The van der Waals surface area contributed by atoms with E-state index in [9.17, 15) is 9.59 Å². The van der Waals surface area contributed by atoms with Crippen molar-refractivity contribution in [3.63, 3.8) is 0 Å². The number of para-hydroxylation sites is 1. The van der Waals surface area contributed by atoms with E-state index in [-0.39, 0.29) is 12.6 Å². The molecule has 5 heteroatoms. The summed E-state index contributed by atoms with van der Waals surface area (Å²) in [5.74, 6) is -1.03. The Morgan fingerprint density at radius 3 is 2.35 bits per heavy atom. The van der Waals surface area contributed by atoms with Gasteiger partial charge in [0, 0.05) is 19.8 Å². The Morgan fingerprint density at radius 1 is 1.24 bits per heavy atom. The second kappa shape index (κ2) is 5.34. The fourth-order valence-corrected chi connectivity index (χ4v) is 1.57. The Balaban J connectivity index is 2.83. The van der Waals surface area contributed by atoms with Gasteiger partial charge in [-0.15, -0.1) is 0 Å². The molecule has 2 amide bonds. The van der Waals surface area contributed by atoms with Crippen molar-refractivity contribution in [2.24, 2.45) is 0 Å². The molecule has 0 spiro atoms. The molecule has 0 unspecified atom stereocenters. The van der Waals surface area contributed by atoms with Gasteiger partial charge in [-0.3, -0.25) is 9.69 Å². The van der Waals surface area contributed by atoms with Crippen LogP contribution in [0.1, 0.15) is 5.56 Å². The van der Waals surface area contributed by atoms with Crippen molar-refractivity contribution in [1.82, 2.24) is 4.90 Å². The summed E-state index contributed by atoms with van der Waals surface area (Å²) in [6, 6.07) is 7.10. The number of urea groups is 1. The number of carboxylic acid groups (broad SMARTS) is 1. The van der Waals surface area contributed by atoms with E-state index in [0.717, 1.165) is 16.2 Å². The zero-order valence-corrected chi connectivity index (χ0v) is 10.2. The molecule has 0 fully saturated rings. The van der Waals surface area contributed by atoms with Crippen LogP contribution < -0.4 is 4.90 Å². The lowest BCUT2D eigenvalue weighted by molar-refractivity contribution is -0.137. The fourth-order valence-electron chi connectivity index (χ4n) is 1.57. The van der Waals surface area contributed by atoms with Crippen LogP contribution >= 0.6 is 0 Å². The Labute approximate surface area is 100 Å². The maximum Gasteiger partial charge on any atom is 0.324 e. The summed E-state index contributed by atoms with van der Waals surface area (Å²) in [6.45, 7) is 1.59. The number of carbonyl (C=O) groups excluding carboxylic acids is 1. The van der Waals surface area contributed by atoms with Gasteiger partial charge in [0.25, 0.3) is 0 Å². The van der Waals surface area contributed by atoms with Crippen LogP contribution in [0.15, 0.2) is 24.3 Å². The van der Waals surface area contributed by atoms with Crippen LogP contribution in [-0.4, -0.2) is 42.6 Å². The van der Waals surface area contributed by atoms with Crippen LogP contribution in [0.2, 0.25) is 0 Å². The number of nitrogens with zero attached hydrogens (tertiary/aromatic N) is 2. The molecule has 0 aliphatic rings. The van der Waals surface area contributed by atoms with E-state index in [1.54, 1.807) is 7.05 Å². The first-order valence-corrected chi connectivity index (χ1v) is 5.19. The molecule has 0 aromatic heterocycles. The first-order chi connectivity index (χ1) is 7.93. The Bertz CT molecular complexity index is 432. The lowest BCUT2D eigenvalue weighted by Crippen LogP contribution is -2.41. The molecule has 5 nitrogen and oxygen atoms in total. The zero-order chi connectivity index (χ0) is 13.0. The monoisotopic (exact) mass is 236 g/mol. The molecule has 0 atom stereocenters. The summed E-state index contributed by atoms with van der Waals surface area (Å²) < 4.78 is 0. The van der Waals surface area contributed by atoms with E-state index in [4.69, 9.17) is 5.11 Å². The number of likely N-dealkylation sites (N-methyl/N-ethyl adjacent to an activating group) is 1. The number of rotatable bonds is 3. The molecule has 0 aliphatic carbocycles. The van der Waals surface area contributed by atoms with Crippen LogP contribution in [0, 0.1) is 6.92 Å². The Hall–Kier alpha value is -2.04. The topological polar surface area (TPSA) is 60.9 Å². The van der Waals surface area contributed by atoms with Crippen molar-refractivity contribution < 1.29 is 14.7 Å². The summed E-state index contributed by atoms with van der Waals surface area (Å²) in [5, 5.41) is 8.63. The molecule has 0 saturated carbocycles. The molecule has 0 aliphatic heterocycles. The van der Waals surface area contributed by atoms with E-state index >= 15 is 0 Å². The molecule has 0 bridgehead atoms. The highest BCUT2D eigenvalue weighted by molar-refractivity contribution is 5.93. The van der Waals surface area contributed by atoms with Gasteiger partial charge in [0.2, 0.25) is 0 Å². The third-order valence-electron chi connectivity index (χ3n) is 2.46. The highest BCUT2D eigenvalue weighted by Gasteiger charge is 2.18. The minimum atomic E-state index is -1.03. The Morgan fingerprint density at radius 2 is 1.82 bits per heavy atom. The summed E-state index contributed by atoms with van der Waals surface area (Å²) in [6.07, 6.45) is 0. The van der Waals surface area contributed by atoms with E-state index in [1.165, 1.54) is 11.9 Å². The van der Waals surface area contributed by atoms with Crippen molar-refractivity contribution in [2.45, 2.75) is 6.92 Å². The zero-order valence-electron chi connectivity index (χ0n) is 10.2. The summed E-state index contributed by atoms with van der Waals surface area (Å²) >= 11 is 0. The third-order valence-corrected chi connectivity index (χ3v) is 2.46. The van der Waals surface area contributed by atoms with Crippen molar-refractivity contribution >= 4 is 17.7 Å². The van der Waals surface area contributed by atoms with E-state index in [1.807, 2.05) is 31.2 Å². The van der Waals surface area contributed by atoms with E-state index in [2.05, 4.69) is 0 Å². The predicted molar refractivity (Wildman–Crippen MR) is 65.2 cm³/mol. The number of carboxylic acids is 1. The van der Waals surface area contributed by atoms with Gasteiger partial charge < -0.3 is 10.0 Å². The highest BCUT2D eigenvalue weighted by Crippen LogP contribution is 2.18. The molecule has 0 heterocycles. The average molecular weight is 236 g/mol. The van der Waals surface area contributed by atoms with Crippen molar-refractivity contribution in [1.29, 1.82) is 0 Å². The summed E-state index contributed by atoms with van der Waals surface area (Å²) in [4.78, 5) is 25.1. The van der Waals surface area contributed by atoms with Crippen LogP contribution in [0.5, 0.6) is 0 Å². The number of carbonyl (C=O) groups is 2. The van der Waals surface area contributed by atoms with Gasteiger partial charge in [-0.2, -0.15) is 0 Å². The summed E-state index contributed by atoms with van der Waals surface area (Å²) in [5.41, 5.74) is 1.74. The number of hydrogen-bond acceptors (Lipinski definition) is 2. The number of benzene rings is 1. The smallest absolute Gasteiger partial charge is 0.324 e. The third kappa shape index (κ3) is 3.21. The Kier molecular flexibility index (Phi) is 4.09. The van der Waals surface area contributed by atoms with E-state index < -0.39 is 5.97 Å². The molecule has 17 heavy (non-hydrogen) atoms. The van der Waals surface area contributed by atoms with Crippen molar-refractivity contribution in [2.75, 3.05) is 25.5 Å². The van der Waals surface area contributed by atoms with Gasteiger partial charge in [0.15, 0.2) is 0 Å². The van der Waals surface area contributed by atoms with Gasteiger partial charge >= 0.3 is 12.0 Å². The molecule has 1 rings (SSSR count). The largest absolute Gasteiger partial charge is 0.480 e. The molecular formula is C12H16N2O3. The van der Waals surface area contributed by atoms with Gasteiger partial charge in [0.05, 0.1) is 0 Å². The van der Waals surface area contributed by atoms with Gasteiger partial charge in [-0.05, 0) is 18.6 Å². The van der Waals surface area contributed by atoms with Crippen molar-refractivity contribution in [3.05, 3.63) is 29.8 Å². The molecule has 0 saturated heterocycles. The number of aliphatic carboxylic acids is 1. The van der Waals surface area contributed by atoms with Crippen LogP contribution in [-0.2, 0) is 4.79 Å². The summed E-state index contributed by atoms with van der Waals surface area (Å²) in [7, 11) is 3.09. The number of aryl methyl sites for hydroxylation is 1. The SMILES string of the molecule is Cc1ccccc1N(C)C(=O)N(C)CC(=O)O. The first-order valence-electron chi connectivity index (χ1n) is 5.19. The van der Waals surface area contributed by atoms with Gasteiger partial charge in [-0.1, -0.05) is 18.2 Å². The lowest BCUT2D eigenvalue weighted by Gasteiger charge is -2.24.